The third kappa shape index (κ3) is 11.9. The van der Waals surface area contributed by atoms with Crippen molar-refractivity contribution in [3.05, 3.63) is 139 Å². The molecule has 0 saturated heterocycles. The van der Waals surface area contributed by atoms with Crippen molar-refractivity contribution in [1.29, 1.82) is 0 Å². The van der Waals surface area contributed by atoms with Crippen LogP contribution in [0.3, 0.4) is 0 Å². The molecule has 2 aliphatic heterocycles. The molecule has 0 radical (unpaired) electrons. The zero-order valence-electron chi connectivity index (χ0n) is 40.0. The molecule has 9 rings (SSSR count). The molecule has 0 unspecified atom stereocenters. The number of nitrogens with two attached hydrogens (primary N) is 1. The number of benzene rings is 3. The highest BCUT2D eigenvalue weighted by molar-refractivity contribution is 6.04. The van der Waals surface area contributed by atoms with Gasteiger partial charge in [-0.1, -0.05) is 36.4 Å². The number of pyridine rings is 3. The van der Waals surface area contributed by atoms with Crippen LogP contribution in [0.25, 0.3) is 33.8 Å². The van der Waals surface area contributed by atoms with Gasteiger partial charge in [-0.3, -0.25) is 15.1 Å². The number of urea groups is 2. The maximum Gasteiger partial charge on any atom is 0.416 e. The summed E-state index contributed by atoms with van der Waals surface area (Å²) in [7, 11) is 5.23. The first kappa shape index (κ1) is 51.2. The number of methoxy groups -OCH3 is 1. The standard InChI is InChI=1S/C29H29F3N6O2.C23H22F3N5O2/c1-37-13-4-14-38(27-25(37)11-10-24(36-27)20-5-2-7-21(15-20)29(30,31)32)28(39)35-22-9-8-19(6-3-12-33)23(16-22)26-17-34-18-40-26;1-30-11-6-12-31(22(32)29-19-9-3-4-10-27-19)21-20(30)18(33-2)14-17(28-21)15-7-5-8-16(13-15)23(24,25)26/h2,5,7-11,15-18H,3-4,6,12-14,33H2,1H3,(H,35,39);3-5,7-10,13-14H,6,11-12H2,1-2H3,(H,27,29,32). The van der Waals surface area contributed by atoms with Crippen molar-refractivity contribution in [2.75, 3.05) is 84.2 Å². The van der Waals surface area contributed by atoms with E-state index in [-0.39, 0.29) is 11.3 Å². The smallest absolute Gasteiger partial charge is 0.416 e. The number of nitrogens with one attached hydrogen (secondary N) is 2. The van der Waals surface area contributed by atoms with E-state index in [1.54, 1.807) is 60.9 Å². The minimum Gasteiger partial charge on any atom is -0.494 e. The monoisotopic (exact) mass is 1010 g/mol. The molecule has 2 aliphatic rings. The first-order chi connectivity index (χ1) is 35.0. The quantitative estimate of drug-likeness (QED) is 0.118. The second kappa shape index (κ2) is 22.1. The zero-order chi connectivity index (χ0) is 51.9. The van der Waals surface area contributed by atoms with E-state index >= 15 is 0 Å². The summed E-state index contributed by atoms with van der Waals surface area (Å²) in [6.45, 7) is 2.62. The van der Waals surface area contributed by atoms with Crippen LogP contribution in [-0.4, -0.2) is 85.9 Å². The number of anilines is 6. The fraction of sp³-hybridized carbons (Fsp3) is 0.269. The van der Waals surface area contributed by atoms with Gasteiger partial charge in [0.05, 0.1) is 41.5 Å². The largest absolute Gasteiger partial charge is 0.494 e. The van der Waals surface area contributed by atoms with E-state index < -0.39 is 35.5 Å². The first-order valence-corrected chi connectivity index (χ1v) is 23.2. The molecule has 0 atom stereocenters. The molecule has 15 nitrogen and oxygen atoms in total. The van der Waals surface area contributed by atoms with Gasteiger partial charge in [0, 0.05) is 74.9 Å². The minimum atomic E-state index is -4.49. The van der Waals surface area contributed by atoms with Crippen molar-refractivity contribution in [3.63, 3.8) is 0 Å². The van der Waals surface area contributed by atoms with Crippen LogP contribution in [0.5, 0.6) is 5.75 Å². The van der Waals surface area contributed by atoms with Gasteiger partial charge < -0.3 is 30.0 Å². The maximum absolute atomic E-state index is 13.6. The molecule has 4 aromatic heterocycles. The van der Waals surface area contributed by atoms with Gasteiger partial charge >= 0.3 is 24.4 Å². The average Bonchev–Trinajstić information content (AvgIpc) is 3.80. The second-order valence-corrected chi connectivity index (χ2v) is 17.1. The summed E-state index contributed by atoms with van der Waals surface area (Å²) in [5.74, 6) is 2.05. The number of hydrogen-bond donors (Lipinski definition) is 3. The molecule has 0 aliphatic carbocycles. The van der Waals surface area contributed by atoms with Crippen molar-refractivity contribution >= 4 is 46.6 Å². The number of aromatic nitrogens is 4. The molecule has 4 N–H and O–H groups in total. The van der Waals surface area contributed by atoms with Crippen LogP contribution >= 0.6 is 0 Å². The lowest BCUT2D eigenvalue weighted by Gasteiger charge is -2.26. The highest BCUT2D eigenvalue weighted by Crippen LogP contribution is 2.43. The number of carbonyl (C=O) groups is 2. The highest BCUT2D eigenvalue weighted by Gasteiger charge is 2.34. The maximum atomic E-state index is 13.6. The number of alkyl halides is 6. The summed E-state index contributed by atoms with van der Waals surface area (Å²) in [5.41, 5.74) is 9.04. The topological polar surface area (TPSA) is 171 Å². The third-order valence-corrected chi connectivity index (χ3v) is 12.1. The lowest BCUT2D eigenvalue weighted by Crippen LogP contribution is -2.36. The molecule has 21 heteroatoms. The van der Waals surface area contributed by atoms with Crippen LogP contribution in [0.2, 0.25) is 0 Å². The zero-order valence-corrected chi connectivity index (χ0v) is 40.0. The Morgan fingerprint density at radius 2 is 1.38 bits per heavy atom. The van der Waals surface area contributed by atoms with Gasteiger partial charge in [0.2, 0.25) is 0 Å². The summed E-state index contributed by atoms with van der Waals surface area (Å²) < 4.78 is 90.9. The third-order valence-electron chi connectivity index (χ3n) is 12.1. The van der Waals surface area contributed by atoms with E-state index in [1.807, 2.05) is 42.1 Å². The summed E-state index contributed by atoms with van der Waals surface area (Å²) in [6.07, 6.45) is -1.55. The Bertz CT molecular complexity index is 3050. The van der Waals surface area contributed by atoms with Crippen molar-refractivity contribution in [2.24, 2.45) is 5.73 Å². The fourth-order valence-corrected chi connectivity index (χ4v) is 8.48. The van der Waals surface area contributed by atoms with Crippen molar-refractivity contribution < 1.29 is 45.1 Å². The van der Waals surface area contributed by atoms with E-state index in [4.69, 9.17) is 14.9 Å². The number of ether oxygens (including phenoxy) is 1. The summed E-state index contributed by atoms with van der Waals surface area (Å²) in [6, 6.07) is 24.9. The molecule has 0 saturated carbocycles. The molecule has 380 valence electrons. The Morgan fingerprint density at radius 1 is 0.726 bits per heavy atom. The number of fused-ring (bicyclic) bond motifs is 2. The summed E-state index contributed by atoms with van der Waals surface area (Å²) in [5, 5.41) is 5.71. The number of amides is 4. The predicted octanol–water partition coefficient (Wildman–Crippen LogP) is 11.2. The second-order valence-electron chi connectivity index (χ2n) is 17.1. The Morgan fingerprint density at radius 3 is 2.01 bits per heavy atom. The van der Waals surface area contributed by atoms with Gasteiger partial charge in [0.25, 0.3) is 0 Å². The number of nitrogens with zero attached hydrogens (tertiary/aromatic N) is 8. The number of carbonyl (C=O) groups excluding carboxylic acids is 2. The fourth-order valence-electron chi connectivity index (χ4n) is 8.48. The Balaban J connectivity index is 0.000000199. The van der Waals surface area contributed by atoms with Crippen LogP contribution in [0.1, 0.15) is 36.0 Å². The van der Waals surface area contributed by atoms with E-state index in [0.29, 0.717) is 103 Å². The normalized spacial score (nSPS) is 13.7. The van der Waals surface area contributed by atoms with Crippen molar-refractivity contribution in [1.82, 2.24) is 19.9 Å². The number of hydrogen-bond acceptors (Lipinski definition) is 11. The number of oxazole rings is 1. The molecule has 73 heavy (non-hydrogen) atoms. The molecule has 6 heterocycles. The van der Waals surface area contributed by atoms with Crippen molar-refractivity contribution in [2.45, 2.75) is 38.0 Å². The van der Waals surface area contributed by atoms with Crippen LogP contribution < -0.4 is 40.7 Å². The van der Waals surface area contributed by atoms with E-state index in [9.17, 15) is 35.9 Å². The molecule has 4 amide bonds. The highest BCUT2D eigenvalue weighted by atomic mass is 19.4. The Labute approximate surface area is 416 Å². The number of halogens is 6. The SMILES string of the molecule is CN1CCCN(C(=O)Nc2ccc(CCCN)c(-c3cnco3)c2)c2nc(-c3cccc(C(F)(F)F)c3)ccc21.COc1cc(-c2cccc(C(F)(F)F)c2)nc2c1N(C)CCCN2C(=O)Nc1ccccn1. The van der Waals surface area contributed by atoms with Crippen LogP contribution in [0.4, 0.5) is 70.4 Å². The lowest BCUT2D eigenvalue weighted by atomic mass is 10.0. The molecular weight excluding hydrogens is 957 g/mol. The summed E-state index contributed by atoms with van der Waals surface area (Å²) in [4.78, 5) is 51.1. The first-order valence-electron chi connectivity index (χ1n) is 23.2. The Hall–Kier alpha value is -8.20. The minimum absolute atomic E-state index is 0.266. The molecule has 0 fully saturated rings. The van der Waals surface area contributed by atoms with Gasteiger partial charge in [-0.2, -0.15) is 26.3 Å². The van der Waals surface area contributed by atoms with Crippen LogP contribution in [0.15, 0.2) is 126 Å². The van der Waals surface area contributed by atoms with E-state index in [0.717, 1.165) is 48.2 Å². The van der Waals surface area contributed by atoms with E-state index in [1.165, 1.54) is 35.4 Å². The predicted molar refractivity (Wildman–Crippen MR) is 268 cm³/mol. The molecule has 7 aromatic rings. The number of aryl methyl sites for hydroxylation is 1. The van der Waals surface area contributed by atoms with Gasteiger partial charge in [-0.25, -0.2) is 29.5 Å². The van der Waals surface area contributed by atoms with Gasteiger partial charge in [0.1, 0.15) is 17.3 Å². The molecule has 0 spiro atoms. The van der Waals surface area contributed by atoms with Gasteiger partial charge in [0.15, 0.2) is 23.8 Å². The van der Waals surface area contributed by atoms with Gasteiger partial charge in [-0.15, -0.1) is 0 Å². The van der Waals surface area contributed by atoms with Crippen LogP contribution in [-0.2, 0) is 18.8 Å². The molecular formula is C52H51F6N11O4. The van der Waals surface area contributed by atoms with E-state index in [2.05, 4.69) is 30.6 Å². The summed E-state index contributed by atoms with van der Waals surface area (Å²) >= 11 is 0. The molecule has 0 bridgehead atoms. The lowest BCUT2D eigenvalue weighted by molar-refractivity contribution is -0.138. The van der Waals surface area contributed by atoms with Crippen molar-refractivity contribution in [3.8, 4) is 39.6 Å². The molecule has 3 aromatic carbocycles. The average molecular weight is 1010 g/mol. The Kier molecular flexibility index (Phi) is 15.5. The van der Waals surface area contributed by atoms with Crippen LogP contribution in [0, 0.1) is 0 Å². The number of rotatable bonds is 9. The van der Waals surface area contributed by atoms with Gasteiger partial charge in [-0.05, 0) is 98.5 Å².